The first kappa shape index (κ1) is 14.2. The smallest absolute Gasteiger partial charge is 0.149 e. The highest BCUT2D eigenvalue weighted by atomic mass is 32.2. The van der Waals surface area contributed by atoms with E-state index < -0.39 is 9.84 Å². The van der Waals surface area contributed by atoms with Gasteiger partial charge in [-0.2, -0.15) is 0 Å². The molecule has 0 saturated heterocycles. The van der Waals surface area contributed by atoms with Crippen molar-refractivity contribution in [3.05, 3.63) is 35.4 Å². The summed E-state index contributed by atoms with van der Waals surface area (Å²) in [5.41, 5.74) is 2.32. The molecule has 1 aromatic carbocycles. The molecule has 0 heterocycles. The van der Waals surface area contributed by atoms with Crippen LogP contribution in [-0.4, -0.2) is 27.5 Å². The number of rotatable bonds is 6. The Morgan fingerprint density at radius 1 is 1.24 bits per heavy atom. The lowest BCUT2D eigenvalue weighted by Gasteiger charge is -2.15. The number of benzene rings is 1. The van der Waals surface area contributed by atoms with Crippen molar-refractivity contribution in [3.63, 3.8) is 0 Å². The average molecular weight is 255 g/mol. The summed E-state index contributed by atoms with van der Waals surface area (Å²) in [6.45, 7) is 2.15. The summed E-state index contributed by atoms with van der Waals surface area (Å²) in [6.07, 6.45) is 3.46. The molecule has 3 nitrogen and oxygen atoms in total. The monoisotopic (exact) mass is 255 g/mol. The molecule has 1 unspecified atom stereocenters. The van der Waals surface area contributed by atoms with Crippen molar-refractivity contribution in [2.24, 2.45) is 0 Å². The van der Waals surface area contributed by atoms with Gasteiger partial charge in [-0.1, -0.05) is 37.6 Å². The molecule has 0 fully saturated rings. The molecule has 0 spiro atoms. The fraction of sp³-hybridized carbons (Fsp3) is 0.538. The van der Waals surface area contributed by atoms with E-state index in [2.05, 4.69) is 24.4 Å². The highest BCUT2D eigenvalue weighted by Gasteiger charge is 2.15. The second-order valence-electron chi connectivity index (χ2n) is 4.43. The van der Waals surface area contributed by atoms with Crippen LogP contribution in [0.5, 0.6) is 0 Å². The van der Waals surface area contributed by atoms with Crippen molar-refractivity contribution >= 4 is 9.84 Å². The minimum Gasteiger partial charge on any atom is -0.312 e. The number of hydrogen-bond acceptors (Lipinski definition) is 3. The van der Waals surface area contributed by atoms with Crippen LogP contribution in [0.4, 0.5) is 0 Å². The van der Waals surface area contributed by atoms with Gasteiger partial charge in [0.15, 0.2) is 0 Å². The number of hydrogen-bond donors (Lipinski definition) is 1. The zero-order valence-electron chi connectivity index (χ0n) is 10.7. The first-order chi connectivity index (χ1) is 7.96. The zero-order chi connectivity index (χ0) is 12.9. The molecule has 1 N–H and O–H groups in total. The second kappa shape index (κ2) is 6.17. The fourth-order valence-electron chi connectivity index (χ4n) is 1.85. The molecule has 1 atom stereocenters. The van der Waals surface area contributed by atoms with Gasteiger partial charge < -0.3 is 5.32 Å². The molecular weight excluding hydrogens is 234 g/mol. The number of nitrogens with one attached hydrogen (secondary N) is 1. The lowest BCUT2D eigenvalue weighted by atomic mass is 10.0. The third-order valence-corrected chi connectivity index (χ3v) is 3.68. The van der Waals surface area contributed by atoms with E-state index in [0.717, 1.165) is 18.4 Å². The molecule has 0 radical (unpaired) electrons. The molecule has 96 valence electrons. The Bertz CT molecular complexity index is 437. The van der Waals surface area contributed by atoms with Gasteiger partial charge in [-0.05, 0) is 24.6 Å². The largest absolute Gasteiger partial charge is 0.312 e. The molecular formula is C13H21NO2S. The first-order valence-electron chi connectivity index (χ1n) is 5.90. The van der Waals surface area contributed by atoms with Crippen molar-refractivity contribution in [3.8, 4) is 0 Å². The van der Waals surface area contributed by atoms with E-state index in [1.54, 1.807) is 7.05 Å². The van der Waals surface area contributed by atoms with Crippen LogP contribution in [0, 0.1) is 0 Å². The Balaban J connectivity index is 2.82. The maximum atomic E-state index is 11.3. The van der Waals surface area contributed by atoms with Gasteiger partial charge in [0.05, 0.1) is 5.75 Å². The summed E-state index contributed by atoms with van der Waals surface area (Å²) in [6, 6.07) is 8.05. The van der Waals surface area contributed by atoms with Crippen LogP contribution in [0.2, 0.25) is 0 Å². The number of aryl methyl sites for hydroxylation is 1. The number of sulfone groups is 1. The Morgan fingerprint density at radius 3 is 2.24 bits per heavy atom. The standard InChI is InChI=1S/C13H21NO2S/c1-4-5-11-6-8-12(9-7-11)13(14-2)10-17(3,15)16/h6-9,13-14H,4-5,10H2,1-3H3. The average Bonchev–Trinajstić information content (AvgIpc) is 2.26. The van der Waals surface area contributed by atoms with E-state index >= 15 is 0 Å². The van der Waals surface area contributed by atoms with E-state index in [1.165, 1.54) is 11.8 Å². The van der Waals surface area contributed by atoms with Gasteiger partial charge in [-0.3, -0.25) is 0 Å². The Kier molecular flexibility index (Phi) is 5.15. The van der Waals surface area contributed by atoms with Gasteiger partial charge in [0.25, 0.3) is 0 Å². The van der Waals surface area contributed by atoms with Gasteiger partial charge in [0, 0.05) is 12.3 Å². The normalized spacial score (nSPS) is 13.6. The third-order valence-electron chi connectivity index (χ3n) is 2.74. The minimum absolute atomic E-state index is 0.124. The Morgan fingerprint density at radius 2 is 1.82 bits per heavy atom. The van der Waals surface area contributed by atoms with Crippen LogP contribution < -0.4 is 5.32 Å². The van der Waals surface area contributed by atoms with Crippen molar-refractivity contribution in [1.82, 2.24) is 5.32 Å². The predicted octanol–water partition coefficient (Wildman–Crippen LogP) is 1.94. The zero-order valence-corrected chi connectivity index (χ0v) is 11.5. The van der Waals surface area contributed by atoms with Gasteiger partial charge in [-0.15, -0.1) is 0 Å². The molecule has 0 aliphatic heterocycles. The molecule has 17 heavy (non-hydrogen) atoms. The molecule has 0 amide bonds. The minimum atomic E-state index is -2.97. The molecule has 4 heteroatoms. The quantitative estimate of drug-likeness (QED) is 0.845. The summed E-state index contributed by atoms with van der Waals surface area (Å²) in [5.74, 6) is 0.136. The van der Waals surface area contributed by atoms with Crippen LogP contribution in [0.1, 0.15) is 30.5 Å². The summed E-state index contributed by atoms with van der Waals surface area (Å²) < 4.78 is 22.6. The molecule has 1 rings (SSSR count). The predicted molar refractivity (Wildman–Crippen MR) is 71.9 cm³/mol. The van der Waals surface area contributed by atoms with Crippen LogP contribution in [0.3, 0.4) is 0 Å². The highest BCUT2D eigenvalue weighted by molar-refractivity contribution is 7.90. The van der Waals surface area contributed by atoms with Crippen molar-refractivity contribution in [2.45, 2.75) is 25.8 Å². The summed E-state index contributed by atoms with van der Waals surface area (Å²) in [7, 11) is -1.18. The molecule has 0 aromatic heterocycles. The van der Waals surface area contributed by atoms with Gasteiger partial charge in [0.2, 0.25) is 0 Å². The summed E-state index contributed by atoms with van der Waals surface area (Å²) in [5, 5.41) is 3.05. The van der Waals surface area contributed by atoms with E-state index in [-0.39, 0.29) is 11.8 Å². The molecule has 0 saturated carbocycles. The van der Waals surface area contributed by atoms with Crippen molar-refractivity contribution in [1.29, 1.82) is 0 Å². The Hall–Kier alpha value is -0.870. The molecule has 0 aliphatic rings. The highest BCUT2D eigenvalue weighted by Crippen LogP contribution is 2.16. The van der Waals surface area contributed by atoms with E-state index in [9.17, 15) is 8.42 Å². The maximum absolute atomic E-state index is 11.3. The van der Waals surface area contributed by atoms with Crippen molar-refractivity contribution < 1.29 is 8.42 Å². The van der Waals surface area contributed by atoms with Gasteiger partial charge in [0.1, 0.15) is 9.84 Å². The van der Waals surface area contributed by atoms with Gasteiger partial charge in [-0.25, -0.2) is 8.42 Å². The topological polar surface area (TPSA) is 46.2 Å². The summed E-state index contributed by atoms with van der Waals surface area (Å²) in [4.78, 5) is 0. The lowest BCUT2D eigenvalue weighted by molar-refractivity contribution is 0.579. The first-order valence-corrected chi connectivity index (χ1v) is 7.96. The molecule has 1 aromatic rings. The van der Waals surface area contributed by atoms with E-state index in [1.807, 2.05) is 12.1 Å². The second-order valence-corrected chi connectivity index (χ2v) is 6.61. The lowest BCUT2D eigenvalue weighted by Crippen LogP contribution is -2.24. The van der Waals surface area contributed by atoms with E-state index in [4.69, 9.17) is 0 Å². The molecule has 0 aliphatic carbocycles. The van der Waals surface area contributed by atoms with Crippen LogP contribution in [0.25, 0.3) is 0 Å². The maximum Gasteiger partial charge on any atom is 0.149 e. The van der Waals surface area contributed by atoms with E-state index in [0.29, 0.717) is 0 Å². The summed E-state index contributed by atoms with van der Waals surface area (Å²) >= 11 is 0. The SMILES string of the molecule is CCCc1ccc(C(CS(C)(=O)=O)NC)cc1. The molecule has 0 bridgehead atoms. The van der Waals surface area contributed by atoms with Crippen LogP contribution in [-0.2, 0) is 16.3 Å². The van der Waals surface area contributed by atoms with Crippen LogP contribution in [0.15, 0.2) is 24.3 Å². The Labute approximate surface area is 104 Å². The third kappa shape index (κ3) is 4.88. The van der Waals surface area contributed by atoms with Crippen molar-refractivity contribution in [2.75, 3.05) is 19.1 Å². The van der Waals surface area contributed by atoms with Gasteiger partial charge >= 0.3 is 0 Å². The van der Waals surface area contributed by atoms with Crippen LogP contribution >= 0.6 is 0 Å². The fourth-order valence-corrected chi connectivity index (χ4v) is 2.82.